The van der Waals surface area contributed by atoms with Crippen molar-refractivity contribution in [2.75, 3.05) is 18.0 Å². The molecule has 5 heteroatoms. The quantitative estimate of drug-likeness (QED) is 0.843. The summed E-state index contributed by atoms with van der Waals surface area (Å²) in [6.45, 7) is 1.52. The number of benzene rings is 1. The third kappa shape index (κ3) is 4.49. The molecule has 0 aliphatic rings. The molecule has 0 aliphatic carbocycles. The van der Waals surface area contributed by atoms with E-state index >= 15 is 0 Å². The normalized spacial score (nSPS) is 10.3. The molecule has 0 spiro atoms. The first kappa shape index (κ1) is 14.8. The van der Waals surface area contributed by atoms with Gasteiger partial charge in [0.05, 0.1) is 6.42 Å². The van der Waals surface area contributed by atoms with E-state index < -0.39 is 5.97 Å². The lowest BCUT2D eigenvalue weighted by Gasteiger charge is -2.24. The molecule has 5 nitrogen and oxygen atoms in total. The molecule has 0 saturated heterocycles. The van der Waals surface area contributed by atoms with Crippen LogP contribution in [0.15, 0.2) is 59.5 Å². The fourth-order valence-electron chi connectivity index (χ4n) is 2.11. The minimum absolute atomic E-state index is 0.0521. The molecule has 0 amide bonds. The molecule has 0 aliphatic heterocycles. The van der Waals surface area contributed by atoms with Crippen LogP contribution in [0.2, 0.25) is 0 Å². The zero-order valence-corrected chi connectivity index (χ0v) is 11.7. The monoisotopic (exact) mass is 286 g/mol. The lowest BCUT2D eigenvalue weighted by molar-refractivity contribution is -0.136. The molecule has 0 bridgehead atoms. The third-order valence-electron chi connectivity index (χ3n) is 3.23. The van der Waals surface area contributed by atoms with Gasteiger partial charge in [0.25, 0.3) is 5.56 Å². The highest BCUT2D eigenvalue weighted by Gasteiger charge is 2.08. The minimum Gasteiger partial charge on any atom is -0.481 e. The Labute approximate surface area is 123 Å². The summed E-state index contributed by atoms with van der Waals surface area (Å²) in [5.74, 6) is -0.826. The third-order valence-corrected chi connectivity index (χ3v) is 3.23. The van der Waals surface area contributed by atoms with Crippen LogP contribution in [0.3, 0.4) is 0 Å². The number of pyridine rings is 1. The molecule has 0 unspecified atom stereocenters. The minimum atomic E-state index is -0.826. The van der Waals surface area contributed by atoms with Crippen molar-refractivity contribution in [3.05, 3.63) is 65.1 Å². The molecule has 2 rings (SSSR count). The second-order valence-electron chi connectivity index (χ2n) is 4.70. The summed E-state index contributed by atoms with van der Waals surface area (Å²) in [6, 6.07) is 14.7. The Morgan fingerprint density at radius 3 is 2.43 bits per heavy atom. The second-order valence-corrected chi connectivity index (χ2v) is 4.70. The van der Waals surface area contributed by atoms with Gasteiger partial charge in [0.15, 0.2) is 0 Å². The van der Waals surface area contributed by atoms with Crippen LogP contribution in [0, 0.1) is 0 Å². The van der Waals surface area contributed by atoms with Gasteiger partial charge in [-0.15, -0.1) is 0 Å². The molecule has 1 aromatic carbocycles. The fourth-order valence-corrected chi connectivity index (χ4v) is 2.11. The summed E-state index contributed by atoms with van der Waals surface area (Å²) in [6.07, 6.45) is 1.81. The van der Waals surface area contributed by atoms with Gasteiger partial charge in [-0.2, -0.15) is 0 Å². The van der Waals surface area contributed by atoms with E-state index in [1.165, 1.54) is 6.07 Å². The zero-order chi connectivity index (χ0) is 15.1. The summed E-state index contributed by atoms with van der Waals surface area (Å²) in [4.78, 5) is 24.4. The summed E-state index contributed by atoms with van der Waals surface area (Å²) in [7, 11) is 0. The molecule has 1 N–H and O–H groups in total. The summed E-state index contributed by atoms with van der Waals surface area (Å²) < 4.78 is 1.62. The largest absolute Gasteiger partial charge is 0.481 e. The Hall–Kier alpha value is -2.56. The zero-order valence-electron chi connectivity index (χ0n) is 11.7. The number of para-hydroxylation sites is 1. The first-order valence-electron chi connectivity index (χ1n) is 6.84. The van der Waals surface area contributed by atoms with Gasteiger partial charge in [-0.25, -0.2) is 0 Å². The Balaban J connectivity index is 2.07. The number of hydrogen-bond donors (Lipinski definition) is 1. The van der Waals surface area contributed by atoms with Crippen molar-refractivity contribution in [1.29, 1.82) is 0 Å². The van der Waals surface area contributed by atoms with Gasteiger partial charge in [-0.05, 0) is 18.2 Å². The number of aromatic nitrogens is 1. The standard InChI is InChI=1S/C16H18N2O3/c19-15-8-4-5-10-18(15)13-12-17(11-9-16(20)21)14-6-2-1-3-7-14/h1-8,10H,9,11-13H2,(H,20,21). The van der Waals surface area contributed by atoms with Crippen LogP contribution in [-0.4, -0.2) is 28.7 Å². The first-order chi connectivity index (χ1) is 10.2. The molecular weight excluding hydrogens is 268 g/mol. The lowest BCUT2D eigenvalue weighted by atomic mass is 10.2. The molecule has 0 saturated carbocycles. The number of carboxylic acids is 1. The smallest absolute Gasteiger partial charge is 0.305 e. The molecule has 21 heavy (non-hydrogen) atoms. The number of hydrogen-bond acceptors (Lipinski definition) is 3. The lowest BCUT2D eigenvalue weighted by Crippen LogP contribution is -2.32. The highest BCUT2D eigenvalue weighted by Crippen LogP contribution is 2.13. The fraction of sp³-hybridized carbons (Fsp3) is 0.250. The predicted molar refractivity (Wildman–Crippen MR) is 81.6 cm³/mol. The maximum atomic E-state index is 11.7. The summed E-state index contributed by atoms with van der Waals surface area (Å²) >= 11 is 0. The predicted octanol–water partition coefficient (Wildman–Crippen LogP) is 1.83. The average Bonchev–Trinajstić information content (AvgIpc) is 2.49. The molecule has 0 atom stereocenters. The molecule has 0 radical (unpaired) electrons. The van der Waals surface area contributed by atoms with Crippen molar-refractivity contribution in [2.24, 2.45) is 0 Å². The van der Waals surface area contributed by atoms with E-state index in [-0.39, 0.29) is 12.0 Å². The summed E-state index contributed by atoms with van der Waals surface area (Å²) in [5, 5.41) is 8.86. The van der Waals surface area contributed by atoms with Crippen LogP contribution in [-0.2, 0) is 11.3 Å². The van der Waals surface area contributed by atoms with Gasteiger partial charge >= 0.3 is 5.97 Å². The maximum Gasteiger partial charge on any atom is 0.305 e. The Bertz CT molecular complexity index is 637. The number of aliphatic carboxylic acids is 1. The van der Waals surface area contributed by atoms with Crippen molar-refractivity contribution in [1.82, 2.24) is 4.57 Å². The molecule has 110 valence electrons. The van der Waals surface area contributed by atoms with E-state index in [1.54, 1.807) is 16.8 Å². The van der Waals surface area contributed by atoms with Gasteiger partial charge in [0.2, 0.25) is 0 Å². The Morgan fingerprint density at radius 1 is 1.05 bits per heavy atom. The van der Waals surface area contributed by atoms with E-state index in [0.717, 1.165) is 5.69 Å². The van der Waals surface area contributed by atoms with E-state index in [0.29, 0.717) is 19.6 Å². The van der Waals surface area contributed by atoms with Gasteiger partial charge < -0.3 is 14.6 Å². The Kier molecular flexibility index (Phi) is 5.15. The van der Waals surface area contributed by atoms with Gasteiger partial charge in [0, 0.05) is 37.6 Å². The molecule has 1 aromatic heterocycles. The van der Waals surface area contributed by atoms with Crippen LogP contribution in [0.25, 0.3) is 0 Å². The maximum absolute atomic E-state index is 11.7. The van der Waals surface area contributed by atoms with Crippen LogP contribution < -0.4 is 10.5 Å². The average molecular weight is 286 g/mol. The van der Waals surface area contributed by atoms with E-state index in [4.69, 9.17) is 5.11 Å². The van der Waals surface area contributed by atoms with Crippen molar-refractivity contribution in [3.63, 3.8) is 0 Å². The van der Waals surface area contributed by atoms with Crippen LogP contribution in [0.5, 0.6) is 0 Å². The SMILES string of the molecule is O=C(O)CCN(CCn1ccccc1=O)c1ccccc1. The number of carboxylic acid groups (broad SMARTS) is 1. The molecular formula is C16H18N2O3. The van der Waals surface area contributed by atoms with Gasteiger partial charge in [-0.3, -0.25) is 9.59 Å². The van der Waals surface area contributed by atoms with E-state index in [1.807, 2.05) is 41.3 Å². The van der Waals surface area contributed by atoms with Crippen LogP contribution >= 0.6 is 0 Å². The summed E-state index contributed by atoms with van der Waals surface area (Å²) in [5.41, 5.74) is 0.909. The van der Waals surface area contributed by atoms with Gasteiger partial charge in [0.1, 0.15) is 0 Å². The van der Waals surface area contributed by atoms with E-state index in [9.17, 15) is 9.59 Å². The highest BCUT2D eigenvalue weighted by atomic mass is 16.4. The van der Waals surface area contributed by atoms with Crippen molar-refractivity contribution < 1.29 is 9.90 Å². The number of anilines is 1. The van der Waals surface area contributed by atoms with Crippen molar-refractivity contribution >= 4 is 11.7 Å². The van der Waals surface area contributed by atoms with Crippen molar-refractivity contribution in [2.45, 2.75) is 13.0 Å². The number of rotatable bonds is 7. The number of carbonyl (C=O) groups is 1. The molecule has 2 aromatic rings. The van der Waals surface area contributed by atoms with Crippen LogP contribution in [0.1, 0.15) is 6.42 Å². The second kappa shape index (κ2) is 7.28. The first-order valence-corrected chi connectivity index (χ1v) is 6.84. The highest BCUT2D eigenvalue weighted by molar-refractivity contribution is 5.67. The Morgan fingerprint density at radius 2 is 1.76 bits per heavy atom. The van der Waals surface area contributed by atoms with Crippen molar-refractivity contribution in [3.8, 4) is 0 Å². The van der Waals surface area contributed by atoms with Gasteiger partial charge in [-0.1, -0.05) is 24.3 Å². The van der Waals surface area contributed by atoms with Crippen LogP contribution in [0.4, 0.5) is 5.69 Å². The molecule has 1 heterocycles. The van der Waals surface area contributed by atoms with E-state index in [2.05, 4.69) is 0 Å². The molecule has 0 fully saturated rings. The topological polar surface area (TPSA) is 62.5 Å². The number of nitrogens with zero attached hydrogens (tertiary/aromatic N) is 2.